The summed E-state index contributed by atoms with van der Waals surface area (Å²) >= 11 is 6.79. The van der Waals surface area contributed by atoms with Crippen LogP contribution in [0, 0.1) is 18.8 Å². The first-order valence-electron chi connectivity index (χ1n) is 11.9. The maximum atomic E-state index is 13.7. The fourth-order valence-electron chi connectivity index (χ4n) is 4.98. The quantitative estimate of drug-likeness (QED) is 0.373. The lowest BCUT2D eigenvalue weighted by atomic mass is 9.91. The largest absolute Gasteiger partial charge is 0.355 e. The number of benzene rings is 1. The Morgan fingerprint density at radius 3 is 2.51 bits per heavy atom. The second-order valence-electron chi connectivity index (χ2n) is 9.69. The molecule has 0 bridgehead atoms. The van der Waals surface area contributed by atoms with Gasteiger partial charge in [-0.05, 0) is 48.4 Å². The number of aryl methyl sites for hydroxylation is 1. The molecule has 1 amide bonds. The molecule has 0 aliphatic carbocycles. The number of thioether (sulfide) groups is 1. The summed E-state index contributed by atoms with van der Waals surface area (Å²) in [5.41, 5.74) is 2.84. The molecular weight excluding hydrogens is 476 g/mol. The number of amides is 1. The predicted octanol–water partition coefficient (Wildman–Crippen LogP) is 4.89. The highest BCUT2D eigenvalue weighted by Crippen LogP contribution is 2.35. The van der Waals surface area contributed by atoms with Gasteiger partial charge in [-0.25, -0.2) is 4.98 Å². The van der Waals surface area contributed by atoms with Gasteiger partial charge in [0.1, 0.15) is 15.8 Å². The molecule has 5 rings (SSSR count). The molecule has 180 valence electrons. The summed E-state index contributed by atoms with van der Waals surface area (Å²) in [6, 6.07) is 13.6. The monoisotopic (exact) mass is 504 g/mol. The summed E-state index contributed by atoms with van der Waals surface area (Å²) in [4.78, 5) is 36.3. The molecule has 3 aromatic rings. The lowest BCUT2D eigenvalue weighted by molar-refractivity contribution is -0.122. The number of thiocarbonyl (C=S) groups is 1. The van der Waals surface area contributed by atoms with Gasteiger partial charge >= 0.3 is 0 Å². The first-order valence-corrected chi connectivity index (χ1v) is 13.1. The van der Waals surface area contributed by atoms with E-state index in [-0.39, 0.29) is 11.5 Å². The fraction of sp³-hybridized carbons (Fsp3) is 0.333. The van der Waals surface area contributed by atoms with Gasteiger partial charge < -0.3 is 4.90 Å². The second-order valence-corrected chi connectivity index (χ2v) is 11.4. The molecule has 2 saturated heterocycles. The maximum absolute atomic E-state index is 13.7. The number of pyridine rings is 1. The molecule has 0 spiro atoms. The van der Waals surface area contributed by atoms with Gasteiger partial charge in [0, 0.05) is 19.3 Å². The van der Waals surface area contributed by atoms with Crippen LogP contribution in [-0.2, 0) is 11.3 Å². The minimum absolute atomic E-state index is 0.173. The van der Waals surface area contributed by atoms with Crippen molar-refractivity contribution >= 4 is 51.7 Å². The van der Waals surface area contributed by atoms with Gasteiger partial charge in [-0.2, -0.15) is 0 Å². The fourth-order valence-corrected chi connectivity index (χ4v) is 6.22. The Labute approximate surface area is 214 Å². The van der Waals surface area contributed by atoms with E-state index in [1.54, 1.807) is 21.6 Å². The molecule has 1 aromatic carbocycles. The number of fused-ring (bicyclic) bond motifs is 1. The summed E-state index contributed by atoms with van der Waals surface area (Å²) in [6.45, 7) is 8.47. The highest BCUT2D eigenvalue weighted by Gasteiger charge is 2.33. The predicted molar refractivity (Wildman–Crippen MR) is 147 cm³/mol. The minimum atomic E-state index is -0.177. The van der Waals surface area contributed by atoms with Gasteiger partial charge in [0.05, 0.1) is 17.0 Å². The zero-order chi connectivity index (χ0) is 24.7. The van der Waals surface area contributed by atoms with Crippen molar-refractivity contribution in [3.05, 3.63) is 80.6 Å². The third-order valence-electron chi connectivity index (χ3n) is 6.49. The molecule has 2 fully saturated rings. The number of hydrogen-bond acceptors (Lipinski definition) is 6. The lowest BCUT2D eigenvalue weighted by Gasteiger charge is -2.36. The van der Waals surface area contributed by atoms with Crippen LogP contribution in [-0.4, -0.2) is 37.6 Å². The Morgan fingerprint density at radius 1 is 1.09 bits per heavy atom. The van der Waals surface area contributed by atoms with Crippen LogP contribution in [0.4, 0.5) is 5.82 Å². The smallest absolute Gasteiger partial charge is 0.267 e. The third-order valence-corrected chi connectivity index (χ3v) is 7.86. The van der Waals surface area contributed by atoms with Crippen molar-refractivity contribution in [2.45, 2.75) is 33.7 Å². The van der Waals surface area contributed by atoms with E-state index in [9.17, 15) is 9.59 Å². The molecule has 2 atom stereocenters. The van der Waals surface area contributed by atoms with Crippen LogP contribution in [0.25, 0.3) is 11.7 Å². The molecule has 4 heterocycles. The molecule has 0 unspecified atom stereocenters. The standard InChI is InChI=1S/C27H28N4O2S2/c1-17-9-10-23-28-24(29-13-18(2)11-19(3)14-29)21(25(32)30(23)15-17)12-22-26(33)31(27(34)35-22)16-20-7-5-4-6-8-20/h4-10,12,15,18-19H,11,13-14,16H2,1-3H3/b22-12+/t18-,19+. The Balaban J connectivity index is 1.59. The molecular formula is C27H28N4O2S2. The summed E-state index contributed by atoms with van der Waals surface area (Å²) in [7, 11) is 0. The van der Waals surface area contributed by atoms with Crippen LogP contribution < -0.4 is 10.5 Å². The van der Waals surface area contributed by atoms with E-state index in [0.717, 1.165) is 30.6 Å². The molecule has 2 aliphatic rings. The SMILES string of the molecule is Cc1ccc2nc(N3C[C@H](C)C[C@H](C)C3)c(/C=C3/SC(=S)N(Cc4ccccc4)C3=O)c(=O)n2c1. The second kappa shape index (κ2) is 9.59. The Bertz CT molecular complexity index is 1390. The summed E-state index contributed by atoms with van der Waals surface area (Å²) in [5.74, 6) is 1.46. The highest BCUT2D eigenvalue weighted by atomic mass is 32.2. The van der Waals surface area contributed by atoms with Crippen LogP contribution in [0.3, 0.4) is 0 Å². The van der Waals surface area contributed by atoms with E-state index >= 15 is 0 Å². The van der Waals surface area contributed by atoms with Gasteiger partial charge in [0.2, 0.25) is 0 Å². The van der Waals surface area contributed by atoms with Gasteiger partial charge in [-0.1, -0.05) is 74.2 Å². The van der Waals surface area contributed by atoms with Crippen LogP contribution >= 0.6 is 24.0 Å². The molecule has 0 radical (unpaired) electrons. The molecule has 35 heavy (non-hydrogen) atoms. The summed E-state index contributed by atoms with van der Waals surface area (Å²) < 4.78 is 2.07. The summed E-state index contributed by atoms with van der Waals surface area (Å²) in [6.07, 6.45) is 4.65. The van der Waals surface area contributed by atoms with Crippen LogP contribution in [0.1, 0.15) is 37.0 Å². The molecule has 2 aromatic heterocycles. The van der Waals surface area contributed by atoms with Gasteiger partial charge in [0.25, 0.3) is 11.5 Å². The van der Waals surface area contributed by atoms with E-state index in [1.165, 1.54) is 11.8 Å². The number of carbonyl (C=O) groups excluding carboxylic acids is 1. The van der Waals surface area contributed by atoms with Crippen molar-refractivity contribution in [2.24, 2.45) is 11.8 Å². The molecule has 2 aliphatic heterocycles. The number of hydrogen-bond donors (Lipinski definition) is 0. The van der Waals surface area contributed by atoms with Crippen molar-refractivity contribution in [2.75, 3.05) is 18.0 Å². The first kappa shape index (κ1) is 23.8. The van der Waals surface area contributed by atoms with Crippen LogP contribution in [0.2, 0.25) is 0 Å². The average Bonchev–Trinajstić information content (AvgIpc) is 3.08. The maximum Gasteiger partial charge on any atom is 0.267 e. The number of anilines is 1. The number of piperidine rings is 1. The van der Waals surface area contributed by atoms with Gasteiger partial charge in [0.15, 0.2) is 0 Å². The average molecular weight is 505 g/mol. The van der Waals surface area contributed by atoms with Crippen LogP contribution in [0.5, 0.6) is 0 Å². The summed E-state index contributed by atoms with van der Waals surface area (Å²) in [5, 5.41) is 0. The van der Waals surface area contributed by atoms with Crippen molar-refractivity contribution in [3.8, 4) is 0 Å². The zero-order valence-electron chi connectivity index (χ0n) is 20.1. The number of nitrogens with zero attached hydrogens (tertiary/aromatic N) is 4. The number of rotatable bonds is 4. The van der Waals surface area contributed by atoms with Gasteiger partial charge in [-0.3, -0.25) is 18.9 Å². The van der Waals surface area contributed by atoms with Crippen molar-refractivity contribution in [3.63, 3.8) is 0 Å². The highest BCUT2D eigenvalue weighted by molar-refractivity contribution is 8.26. The van der Waals surface area contributed by atoms with Gasteiger partial charge in [-0.15, -0.1) is 0 Å². The molecule has 0 saturated carbocycles. The van der Waals surface area contributed by atoms with E-state index in [2.05, 4.69) is 18.7 Å². The zero-order valence-corrected chi connectivity index (χ0v) is 21.7. The molecule has 0 N–H and O–H groups in total. The molecule has 6 nitrogen and oxygen atoms in total. The van der Waals surface area contributed by atoms with E-state index in [4.69, 9.17) is 17.2 Å². The number of carbonyl (C=O) groups is 1. The van der Waals surface area contributed by atoms with Crippen molar-refractivity contribution in [1.29, 1.82) is 0 Å². The van der Waals surface area contributed by atoms with Crippen molar-refractivity contribution in [1.82, 2.24) is 14.3 Å². The molecule has 8 heteroatoms. The third kappa shape index (κ3) is 4.77. The van der Waals surface area contributed by atoms with E-state index < -0.39 is 0 Å². The number of aromatic nitrogens is 2. The lowest BCUT2D eigenvalue weighted by Crippen LogP contribution is -2.40. The Kier molecular flexibility index (Phi) is 6.51. The van der Waals surface area contributed by atoms with E-state index in [1.807, 2.05) is 49.4 Å². The minimum Gasteiger partial charge on any atom is -0.355 e. The van der Waals surface area contributed by atoms with Crippen molar-refractivity contribution < 1.29 is 4.79 Å². The normalized spacial score (nSPS) is 22.0. The Hall–Kier alpha value is -2.97. The van der Waals surface area contributed by atoms with E-state index in [0.29, 0.717) is 44.6 Å². The first-order chi connectivity index (χ1) is 16.8. The van der Waals surface area contributed by atoms with Crippen LogP contribution in [0.15, 0.2) is 58.4 Å². The Morgan fingerprint density at radius 2 is 1.80 bits per heavy atom. The topological polar surface area (TPSA) is 57.9 Å².